The summed E-state index contributed by atoms with van der Waals surface area (Å²) in [6, 6.07) is 14.5. The number of carbonyl (C=O) groups is 1. The Kier molecular flexibility index (Phi) is 6.63. The van der Waals surface area contributed by atoms with Crippen LogP contribution in [0.15, 0.2) is 48.5 Å². The van der Waals surface area contributed by atoms with Crippen molar-refractivity contribution in [2.45, 2.75) is 6.54 Å². The minimum Gasteiger partial charge on any atom is -0.497 e. The molecule has 0 bridgehead atoms. The molecule has 1 fully saturated rings. The smallest absolute Gasteiger partial charge is 0.260 e. The van der Waals surface area contributed by atoms with Crippen LogP contribution in [0.25, 0.3) is 5.69 Å². The van der Waals surface area contributed by atoms with Crippen molar-refractivity contribution >= 4 is 17.5 Å². The van der Waals surface area contributed by atoms with Crippen LogP contribution < -0.4 is 9.47 Å². The van der Waals surface area contributed by atoms with E-state index in [0.29, 0.717) is 30.4 Å². The first-order chi connectivity index (χ1) is 15.1. The Bertz CT molecular complexity index is 1000. The Labute approximate surface area is 185 Å². The van der Waals surface area contributed by atoms with Crippen molar-refractivity contribution < 1.29 is 14.3 Å². The molecule has 1 amide bonds. The summed E-state index contributed by atoms with van der Waals surface area (Å²) >= 11 is 5.96. The van der Waals surface area contributed by atoms with Gasteiger partial charge in [-0.1, -0.05) is 11.6 Å². The number of rotatable bonds is 7. The summed E-state index contributed by atoms with van der Waals surface area (Å²) in [5.74, 6) is 2.10. The summed E-state index contributed by atoms with van der Waals surface area (Å²) in [5, 5.41) is 12.7. The lowest BCUT2D eigenvalue weighted by Crippen LogP contribution is -2.49. The average Bonchev–Trinajstić information content (AvgIpc) is 3.27. The van der Waals surface area contributed by atoms with E-state index in [4.69, 9.17) is 21.1 Å². The summed E-state index contributed by atoms with van der Waals surface area (Å²) in [4.78, 5) is 16.5. The first-order valence-corrected chi connectivity index (χ1v) is 10.3. The Balaban J connectivity index is 1.26. The van der Waals surface area contributed by atoms with Crippen molar-refractivity contribution in [3.05, 3.63) is 59.4 Å². The third-order valence-electron chi connectivity index (χ3n) is 5.12. The van der Waals surface area contributed by atoms with Gasteiger partial charge in [0.1, 0.15) is 11.5 Å². The molecule has 31 heavy (non-hydrogen) atoms. The lowest BCUT2D eigenvalue weighted by Gasteiger charge is -2.34. The molecule has 0 atom stereocenters. The van der Waals surface area contributed by atoms with Gasteiger partial charge >= 0.3 is 0 Å². The molecule has 2 heterocycles. The van der Waals surface area contributed by atoms with E-state index in [1.165, 1.54) is 0 Å². The highest BCUT2D eigenvalue weighted by molar-refractivity contribution is 6.30. The zero-order valence-corrected chi connectivity index (χ0v) is 17.9. The summed E-state index contributed by atoms with van der Waals surface area (Å²) in [6.07, 6.45) is 0. The van der Waals surface area contributed by atoms with Gasteiger partial charge in [-0.25, -0.2) is 0 Å². The Morgan fingerprint density at radius 2 is 1.68 bits per heavy atom. The maximum atomic E-state index is 12.5. The second-order valence-corrected chi connectivity index (χ2v) is 7.54. The van der Waals surface area contributed by atoms with Gasteiger partial charge in [-0.2, -0.15) is 4.68 Å². The van der Waals surface area contributed by atoms with Crippen molar-refractivity contribution in [2.24, 2.45) is 0 Å². The maximum Gasteiger partial charge on any atom is 0.260 e. The van der Waals surface area contributed by atoms with Crippen LogP contribution in [0.3, 0.4) is 0 Å². The minimum absolute atomic E-state index is 0.0150. The first-order valence-electron chi connectivity index (χ1n) is 9.92. The molecule has 1 aromatic heterocycles. The largest absolute Gasteiger partial charge is 0.497 e. The number of hydrogen-bond donors (Lipinski definition) is 0. The molecule has 162 valence electrons. The van der Waals surface area contributed by atoms with Gasteiger partial charge < -0.3 is 14.4 Å². The van der Waals surface area contributed by atoms with Gasteiger partial charge in [0.25, 0.3) is 5.91 Å². The van der Waals surface area contributed by atoms with Crippen LogP contribution in [0, 0.1) is 0 Å². The molecule has 0 aliphatic carbocycles. The Hall–Kier alpha value is -3.17. The SMILES string of the molecule is COc1ccc(OCC(=O)N2CCN(Cc3nnnn3-c3ccc(Cl)cc3)CC2)cc1. The van der Waals surface area contributed by atoms with Gasteiger partial charge in [0, 0.05) is 31.2 Å². The van der Waals surface area contributed by atoms with Crippen LogP contribution in [0.5, 0.6) is 11.5 Å². The Morgan fingerprint density at radius 3 is 2.35 bits per heavy atom. The molecule has 1 aliphatic heterocycles. The van der Waals surface area contributed by atoms with E-state index < -0.39 is 0 Å². The summed E-state index contributed by atoms with van der Waals surface area (Å²) in [7, 11) is 1.61. The Morgan fingerprint density at radius 1 is 1.00 bits per heavy atom. The number of amides is 1. The van der Waals surface area contributed by atoms with Crippen LogP contribution in [0.2, 0.25) is 5.02 Å². The molecule has 0 unspecified atom stereocenters. The van der Waals surface area contributed by atoms with Gasteiger partial charge in [-0.05, 0) is 59.0 Å². The predicted octanol–water partition coefficient (Wildman–Crippen LogP) is 2.05. The number of tetrazole rings is 1. The standard InChI is InChI=1S/C21H23ClN6O3/c1-30-18-6-8-19(9-7-18)31-15-21(29)27-12-10-26(11-13-27)14-20-23-24-25-28(20)17-4-2-16(22)3-5-17/h2-9H,10-15H2,1H3. The number of piperazine rings is 1. The van der Waals surface area contributed by atoms with Gasteiger partial charge in [0.2, 0.25) is 0 Å². The van der Waals surface area contributed by atoms with Crippen LogP contribution in [-0.4, -0.2) is 75.8 Å². The predicted molar refractivity (Wildman–Crippen MR) is 115 cm³/mol. The van der Waals surface area contributed by atoms with E-state index in [0.717, 1.165) is 30.4 Å². The van der Waals surface area contributed by atoms with E-state index >= 15 is 0 Å². The second-order valence-electron chi connectivity index (χ2n) is 7.10. The zero-order valence-electron chi connectivity index (χ0n) is 17.1. The molecule has 9 nitrogen and oxygen atoms in total. The fourth-order valence-electron chi connectivity index (χ4n) is 3.35. The van der Waals surface area contributed by atoms with Crippen molar-refractivity contribution in [1.29, 1.82) is 0 Å². The van der Waals surface area contributed by atoms with Gasteiger partial charge in [0.05, 0.1) is 19.3 Å². The van der Waals surface area contributed by atoms with Crippen LogP contribution in [0.4, 0.5) is 0 Å². The first kappa shape index (κ1) is 21.1. The van der Waals surface area contributed by atoms with E-state index in [-0.39, 0.29) is 12.5 Å². The molecule has 0 spiro atoms. The molecule has 0 radical (unpaired) electrons. The highest BCUT2D eigenvalue weighted by atomic mass is 35.5. The van der Waals surface area contributed by atoms with Crippen molar-refractivity contribution in [3.63, 3.8) is 0 Å². The van der Waals surface area contributed by atoms with Gasteiger partial charge in [-0.15, -0.1) is 5.10 Å². The number of aromatic nitrogens is 4. The fourth-order valence-corrected chi connectivity index (χ4v) is 3.48. The molecule has 0 N–H and O–H groups in total. The fraction of sp³-hybridized carbons (Fsp3) is 0.333. The van der Waals surface area contributed by atoms with Crippen molar-refractivity contribution in [1.82, 2.24) is 30.0 Å². The average molecular weight is 443 g/mol. The maximum absolute atomic E-state index is 12.5. The second kappa shape index (κ2) is 9.76. The minimum atomic E-state index is -0.0264. The summed E-state index contributed by atoms with van der Waals surface area (Å²) in [6.45, 7) is 3.35. The topological polar surface area (TPSA) is 85.6 Å². The molecule has 2 aromatic carbocycles. The number of methoxy groups -OCH3 is 1. The highest BCUT2D eigenvalue weighted by Crippen LogP contribution is 2.18. The third-order valence-corrected chi connectivity index (χ3v) is 5.37. The molecule has 1 saturated heterocycles. The van der Waals surface area contributed by atoms with Crippen molar-refractivity contribution in [2.75, 3.05) is 39.9 Å². The number of carbonyl (C=O) groups excluding carboxylic acids is 1. The molecule has 3 aromatic rings. The van der Waals surface area contributed by atoms with Crippen LogP contribution >= 0.6 is 11.6 Å². The summed E-state index contributed by atoms with van der Waals surface area (Å²) in [5.41, 5.74) is 0.855. The lowest BCUT2D eigenvalue weighted by atomic mass is 10.3. The van der Waals surface area contributed by atoms with Crippen molar-refractivity contribution in [3.8, 4) is 17.2 Å². The summed E-state index contributed by atoms with van der Waals surface area (Å²) < 4.78 is 12.4. The van der Waals surface area contributed by atoms with Gasteiger partial charge in [0.15, 0.2) is 12.4 Å². The number of benzene rings is 2. The lowest BCUT2D eigenvalue weighted by molar-refractivity contribution is -0.135. The molecular weight excluding hydrogens is 420 g/mol. The van der Waals surface area contributed by atoms with E-state index in [9.17, 15) is 4.79 Å². The van der Waals surface area contributed by atoms with E-state index in [1.807, 2.05) is 17.0 Å². The molecular formula is C21H23ClN6O3. The third kappa shape index (κ3) is 5.31. The van der Waals surface area contributed by atoms with Gasteiger partial charge in [-0.3, -0.25) is 9.69 Å². The van der Waals surface area contributed by atoms with E-state index in [1.54, 1.807) is 48.2 Å². The number of ether oxygens (including phenoxy) is 2. The molecule has 10 heteroatoms. The molecule has 1 aliphatic rings. The van der Waals surface area contributed by atoms with Crippen LogP contribution in [0.1, 0.15) is 5.82 Å². The highest BCUT2D eigenvalue weighted by Gasteiger charge is 2.23. The molecule has 4 rings (SSSR count). The zero-order chi connectivity index (χ0) is 21.6. The normalized spacial score (nSPS) is 14.5. The number of nitrogens with zero attached hydrogens (tertiary/aromatic N) is 6. The monoisotopic (exact) mass is 442 g/mol. The quantitative estimate of drug-likeness (QED) is 0.553. The van der Waals surface area contributed by atoms with E-state index in [2.05, 4.69) is 20.4 Å². The number of halogens is 1. The number of hydrogen-bond acceptors (Lipinski definition) is 7. The van der Waals surface area contributed by atoms with Crippen LogP contribution in [-0.2, 0) is 11.3 Å². The molecule has 0 saturated carbocycles.